The number of nitrogens with one attached hydrogen (secondary N) is 1. The van der Waals surface area contributed by atoms with Gasteiger partial charge in [-0.15, -0.1) is 10.2 Å². The Morgan fingerprint density at radius 1 is 1.29 bits per heavy atom. The van der Waals surface area contributed by atoms with Crippen LogP contribution in [0.2, 0.25) is 0 Å². The van der Waals surface area contributed by atoms with Gasteiger partial charge in [-0.2, -0.15) is 0 Å². The van der Waals surface area contributed by atoms with Crippen molar-refractivity contribution >= 4 is 34.0 Å². The van der Waals surface area contributed by atoms with Gasteiger partial charge in [-0.25, -0.2) is 0 Å². The SMILES string of the molecule is CCc1nnc(NC(=O)C2CC(=O)N(c3cc(C)cc(C)c3)C2)s1. The highest BCUT2D eigenvalue weighted by Crippen LogP contribution is 2.28. The molecule has 1 aromatic carbocycles. The Morgan fingerprint density at radius 2 is 2.00 bits per heavy atom. The first-order chi connectivity index (χ1) is 11.5. The van der Waals surface area contributed by atoms with Crippen molar-refractivity contribution in [3.8, 4) is 0 Å². The lowest BCUT2D eigenvalue weighted by atomic mass is 10.1. The van der Waals surface area contributed by atoms with Crippen LogP contribution in [0.1, 0.15) is 29.5 Å². The summed E-state index contributed by atoms with van der Waals surface area (Å²) in [4.78, 5) is 26.4. The van der Waals surface area contributed by atoms with Crippen LogP contribution >= 0.6 is 11.3 Å². The fourth-order valence-electron chi connectivity index (χ4n) is 2.89. The zero-order valence-electron chi connectivity index (χ0n) is 14.0. The van der Waals surface area contributed by atoms with Crippen LogP contribution in [0.25, 0.3) is 0 Å². The number of carbonyl (C=O) groups is 2. The van der Waals surface area contributed by atoms with E-state index in [4.69, 9.17) is 0 Å². The second kappa shape index (κ2) is 6.68. The molecule has 0 bridgehead atoms. The number of hydrogen-bond donors (Lipinski definition) is 1. The maximum Gasteiger partial charge on any atom is 0.231 e. The monoisotopic (exact) mass is 344 g/mol. The Labute approximate surface area is 144 Å². The molecule has 2 aromatic rings. The number of nitrogens with zero attached hydrogens (tertiary/aromatic N) is 3. The van der Waals surface area contributed by atoms with Crippen LogP contribution in [-0.2, 0) is 16.0 Å². The van der Waals surface area contributed by atoms with Crippen LogP contribution in [0.5, 0.6) is 0 Å². The molecule has 1 N–H and O–H groups in total. The Morgan fingerprint density at radius 3 is 2.62 bits per heavy atom. The lowest BCUT2D eigenvalue weighted by molar-refractivity contribution is -0.122. The maximum atomic E-state index is 12.4. The Hall–Kier alpha value is -2.28. The third kappa shape index (κ3) is 3.46. The number of hydrogen-bond acceptors (Lipinski definition) is 5. The van der Waals surface area contributed by atoms with E-state index in [0.29, 0.717) is 11.7 Å². The van der Waals surface area contributed by atoms with Gasteiger partial charge in [-0.05, 0) is 43.5 Å². The molecule has 0 saturated carbocycles. The van der Waals surface area contributed by atoms with E-state index >= 15 is 0 Å². The highest BCUT2D eigenvalue weighted by atomic mass is 32.1. The summed E-state index contributed by atoms with van der Waals surface area (Å²) in [5, 5.41) is 12.1. The van der Waals surface area contributed by atoms with Crippen molar-refractivity contribution in [3.63, 3.8) is 0 Å². The van der Waals surface area contributed by atoms with Crippen molar-refractivity contribution in [2.75, 3.05) is 16.8 Å². The topological polar surface area (TPSA) is 75.2 Å². The van der Waals surface area contributed by atoms with Gasteiger partial charge in [-0.3, -0.25) is 9.59 Å². The molecule has 126 valence electrons. The van der Waals surface area contributed by atoms with Gasteiger partial charge in [0.15, 0.2) is 0 Å². The molecule has 1 atom stereocenters. The van der Waals surface area contributed by atoms with Crippen LogP contribution < -0.4 is 10.2 Å². The molecule has 2 heterocycles. The van der Waals surface area contributed by atoms with Crippen LogP contribution in [0.4, 0.5) is 10.8 Å². The van der Waals surface area contributed by atoms with Gasteiger partial charge < -0.3 is 10.2 Å². The van der Waals surface area contributed by atoms with Gasteiger partial charge in [0.25, 0.3) is 0 Å². The number of anilines is 2. The first-order valence-electron chi connectivity index (χ1n) is 7.98. The Bertz CT molecular complexity index is 766. The first-order valence-corrected chi connectivity index (χ1v) is 8.80. The zero-order chi connectivity index (χ0) is 17.3. The number of rotatable bonds is 4. The molecule has 0 aliphatic carbocycles. The van der Waals surface area contributed by atoms with E-state index in [-0.39, 0.29) is 24.2 Å². The van der Waals surface area contributed by atoms with Gasteiger partial charge in [0.05, 0.1) is 5.92 Å². The van der Waals surface area contributed by atoms with Crippen LogP contribution in [-0.4, -0.2) is 28.6 Å². The molecule has 1 fully saturated rings. The molecule has 7 heteroatoms. The lowest BCUT2D eigenvalue weighted by Crippen LogP contribution is -2.28. The summed E-state index contributed by atoms with van der Waals surface area (Å²) in [6.07, 6.45) is 1.01. The zero-order valence-corrected chi connectivity index (χ0v) is 14.8. The smallest absolute Gasteiger partial charge is 0.231 e. The summed E-state index contributed by atoms with van der Waals surface area (Å²) in [6, 6.07) is 6.02. The average molecular weight is 344 g/mol. The summed E-state index contributed by atoms with van der Waals surface area (Å²) in [6.45, 7) is 6.39. The molecule has 1 unspecified atom stereocenters. The van der Waals surface area contributed by atoms with Crippen molar-refractivity contribution in [1.29, 1.82) is 0 Å². The third-order valence-electron chi connectivity index (χ3n) is 4.01. The van der Waals surface area contributed by atoms with Crippen LogP contribution in [0, 0.1) is 19.8 Å². The van der Waals surface area contributed by atoms with Crippen molar-refractivity contribution in [2.45, 2.75) is 33.6 Å². The summed E-state index contributed by atoms with van der Waals surface area (Å²) in [5.41, 5.74) is 3.07. The Kier molecular flexibility index (Phi) is 4.62. The number of aromatic nitrogens is 2. The summed E-state index contributed by atoms with van der Waals surface area (Å²) in [7, 11) is 0. The van der Waals surface area contributed by atoms with E-state index in [1.54, 1.807) is 4.90 Å². The molecule has 1 aromatic heterocycles. The molecule has 1 aliphatic heterocycles. The van der Waals surface area contributed by atoms with Crippen molar-refractivity contribution < 1.29 is 9.59 Å². The molecule has 24 heavy (non-hydrogen) atoms. The van der Waals surface area contributed by atoms with Gasteiger partial charge in [0.2, 0.25) is 16.9 Å². The molecule has 0 radical (unpaired) electrons. The minimum absolute atomic E-state index is 0.0216. The predicted octanol–water partition coefficient (Wildman–Crippen LogP) is 2.71. The molecule has 1 saturated heterocycles. The van der Waals surface area contributed by atoms with E-state index in [1.807, 2.05) is 32.9 Å². The largest absolute Gasteiger partial charge is 0.312 e. The van der Waals surface area contributed by atoms with E-state index in [2.05, 4.69) is 21.6 Å². The summed E-state index contributed by atoms with van der Waals surface area (Å²) >= 11 is 1.37. The Balaban J connectivity index is 1.70. The highest BCUT2D eigenvalue weighted by molar-refractivity contribution is 7.15. The molecule has 2 amide bonds. The second-order valence-corrected chi connectivity index (χ2v) is 7.16. The fraction of sp³-hybridized carbons (Fsp3) is 0.412. The lowest BCUT2D eigenvalue weighted by Gasteiger charge is -2.18. The highest BCUT2D eigenvalue weighted by Gasteiger charge is 2.35. The van der Waals surface area contributed by atoms with Crippen molar-refractivity contribution in [1.82, 2.24) is 10.2 Å². The van der Waals surface area contributed by atoms with E-state index in [1.165, 1.54) is 11.3 Å². The number of benzene rings is 1. The maximum absolute atomic E-state index is 12.4. The molecule has 6 nitrogen and oxygen atoms in total. The van der Waals surface area contributed by atoms with Crippen molar-refractivity contribution in [2.24, 2.45) is 5.92 Å². The summed E-state index contributed by atoms with van der Waals surface area (Å²) in [5.74, 6) is -0.562. The molecular weight excluding hydrogens is 324 g/mol. The average Bonchev–Trinajstić information content (AvgIpc) is 3.12. The van der Waals surface area contributed by atoms with E-state index in [9.17, 15) is 9.59 Å². The van der Waals surface area contributed by atoms with Gasteiger partial charge >= 0.3 is 0 Å². The number of amides is 2. The van der Waals surface area contributed by atoms with Crippen molar-refractivity contribution in [3.05, 3.63) is 34.3 Å². The fourth-order valence-corrected chi connectivity index (χ4v) is 3.58. The van der Waals surface area contributed by atoms with E-state index in [0.717, 1.165) is 28.2 Å². The first kappa shape index (κ1) is 16.6. The van der Waals surface area contributed by atoms with E-state index < -0.39 is 0 Å². The predicted molar refractivity (Wildman–Crippen MR) is 94.3 cm³/mol. The molecule has 0 spiro atoms. The van der Waals surface area contributed by atoms with Gasteiger partial charge in [-0.1, -0.05) is 24.3 Å². The quantitative estimate of drug-likeness (QED) is 0.925. The third-order valence-corrected chi connectivity index (χ3v) is 5.00. The van der Waals surface area contributed by atoms with Crippen LogP contribution in [0.15, 0.2) is 18.2 Å². The van der Waals surface area contributed by atoms with Gasteiger partial charge in [0, 0.05) is 18.7 Å². The molecule has 3 rings (SSSR count). The molecular formula is C17H20N4O2S. The minimum atomic E-state index is -0.368. The standard InChI is InChI=1S/C17H20N4O2S/c1-4-14-19-20-17(24-14)18-16(23)12-8-15(22)21(9-12)13-6-10(2)5-11(3)7-13/h5-7,12H,4,8-9H2,1-3H3,(H,18,20,23). The summed E-state index contributed by atoms with van der Waals surface area (Å²) < 4.78 is 0. The normalized spacial score (nSPS) is 17.4. The number of aryl methyl sites for hydroxylation is 3. The van der Waals surface area contributed by atoms with Gasteiger partial charge in [0.1, 0.15) is 5.01 Å². The van der Waals surface area contributed by atoms with Crippen LogP contribution in [0.3, 0.4) is 0 Å². The second-order valence-electron chi connectivity index (χ2n) is 6.10. The molecule has 1 aliphatic rings. The number of carbonyl (C=O) groups excluding carboxylic acids is 2. The minimum Gasteiger partial charge on any atom is -0.312 e.